The standard InChI is InChI=1S/C20H18ClNO7S2/c21-7-8-30(25,26)12-13-1-3-14(4-2-13)20(24)22-16-6-5-15-9-17(31(27,28)29)11-19(23)18(15)10-16/h1-6,9-11,23H,7-8,12H2,(H,22,24)(H,27,28,29). The molecule has 0 fully saturated rings. The largest absolute Gasteiger partial charge is 0.507 e. The lowest BCUT2D eigenvalue weighted by Gasteiger charge is -2.09. The number of nitrogens with one attached hydrogen (secondary N) is 1. The molecule has 0 aliphatic carbocycles. The van der Waals surface area contributed by atoms with Crippen LogP contribution in [0.1, 0.15) is 15.9 Å². The topological polar surface area (TPSA) is 138 Å². The predicted octanol–water partition coefficient (Wildman–Crippen LogP) is 3.20. The molecule has 8 nitrogen and oxygen atoms in total. The van der Waals surface area contributed by atoms with Gasteiger partial charge >= 0.3 is 0 Å². The number of amides is 1. The molecule has 0 bridgehead atoms. The van der Waals surface area contributed by atoms with Crippen molar-refractivity contribution in [3.05, 3.63) is 65.7 Å². The van der Waals surface area contributed by atoms with Gasteiger partial charge in [0.05, 0.1) is 16.4 Å². The van der Waals surface area contributed by atoms with Gasteiger partial charge in [-0.05, 0) is 41.3 Å². The lowest BCUT2D eigenvalue weighted by atomic mass is 10.1. The van der Waals surface area contributed by atoms with E-state index < -0.39 is 30.8 Å². The van der Waals surface area contributed by atoms with Gasteiger partial charge in [-0.3, -0.25) is 9.35 Å². The van der Waals surface area contributed by atoms with Crippen LogP contribution in [-0.2, 0) is 25.7 Å². The first-order valence-corrected chi connectivity index (χ1v) is 12.7. The van der Waals surface area contributed by atoms with Gasteiger partial charge in [0.2, 0.25) is 0 Å². The van der Waals surface area contributed by atoms with Gasteiger partial charge in [-0.2, -0.15) is 8.42 Å². The maximum absolute atomic E-state index is 12.5. The van der Waals surface area contributed by atoms with E-state index in [1.54, 1.807) is 12.1 Å². The number of hydrogen-bond donors (Lipinski definition) is 3. The van der Waals surface area contributed by atoms with Gasteiger partial charge in [0, 0.05) is 28.6 Å². The number of halogens is 1. The van der Waals surface area contributed by atoms with E-state index >= 15 is 0 Å². The molecule has 164 valence electrons. The number of fused-ring (bicyclic) bond motifs is 1. The number of carbonyl (C=O) groups excluding carboxylic acids is 1. The summed E-state index contributed by atoms with van der Waals surface area (Å²) in [6.07, 6.45) is 0. The molecule has 0 aromatic heterocycles. The summed E-state index contributed by atoms with van der Waals surface area (Å²) in [6.45, 7) is 0. The van der Waals surface area contributed by atoms with Crippen LogP contribution >= 0.6 is 11.6 Å². The number of rotatable bonds is 7. The zero-order chi connectivity index (χ0) is 22.8. The van der Waals surface area contributed by atoms with E-state index in [1.165, 1.54) is 36.4 Å². The highest BCUT2D eigenvalue weighted by atomic mass is 35.5. The first kappa shape index (κ1) is 23.0. The Labute approximate surface area is 184 Å². The van der Waals surface area contributed by atoms with Gasteiger partial charge in [0.1, 0.15) is 5.75 Å². The number of aromatic hydroxyl groups is 1. The van der Waals surface area contributed by atoms with E-state index in [0.29, 0.717) is 22.2 Å². The second kappa shape index (κ2) is 8.83. The summed E-state index contributed by atoms with van der Waals surface area (Å²) in [5.74, 6) is -1.11. The molecule has 0 unspecified atom stereocenters. The van der Waals surface area contributed by atoms with E-state index in [9.17, 15) is 26.7 Å². The first-order valence-electron chi connectivity index (χ1n) is 8.89. The summed E-state index contributed by atoms with van der Waals surface area (Å²) in [4.78, 5) is 12.1. The first-order chi connectivity index (χ1) is 14.5. The minimum Gasteiger partial charge on any atom is -0.507 e. The predicted molar refractivity (Wildman–Crippen MR) is 118 cm³/mol. The normalized spacial score (nSPS) is 12.1. The Kier molecular flexibility index (Phi) is 6.56. The maximum Gasteiger partial charge on any atom is 0.294 e. The Morgan fingerprint density at radius 3 is 2.26 bits per heavy atom. The van der Waals surface area contributed by atoms with Crippen molar-refractivity contribution in [1.82, 2.24) is 0 Å². The summed E-state index contributed by atoms with van der Waals surface area (Å²) in [7, 11) is -7.79. The Hall–Kier alpha value is -2.66. The van der Waals surface area contributed by atoms with Gasteiger partial charge in [0.15, 0.2) is 9.84 Å². The molecule has 0 saturated carbocycles. The van der Waals surface area contributed by atoms with Crippen LogP contribution in [0.15, 0.2) is 59.5 Å². The van der Waals surface area contributed by atoms with Crippen LogP contribution in [0.5, 0.6) is 5.75 Å². The number of anilines is 1. The molecular formula is C20H18ClNO7S2. The van der Waals surface area contributed by atoms with Crippen LogP contribution in [0.2, 0.25) is 0 Å². The molecular weight excluding hydrogens is 466 g/mol. The second-order valence-electron chi connectivity index (χ2n) is 6.79. The zero-order valence-corrected chi connectivity index (χ0v) is 18.3. The van der Waals surface area contributed by atoms with Crippen LogP contribution in [0, 0.1) is 0 Å². The summed E-state index contributed by atoms with van der Waals surface area (Å²) >= 11 is 5.48. The Morgan fingerprint density at radius 1 is 0.968 bits per heavy atom. The van der Waals surface area contributed by atoms with Gasteiger partial charge in [0.25, 0.3) is 16.0 Å². The van der Waals surface area contributed by atoms with Crippen LogP contribution in [0.25, 0.3) is 10.8 Å². The van der Waals surface area contributed by atoms with Crippen molar-refractivity contribution in [2.75, 3.05) is 16.9 Å². The molecule has 3 rings (SSSR count). The molecule has 31 heavy (non-hydrogen) atoms. The number of carbonyl (C=O) groups is 1. The molecule has 11 heteroatoms. The fourth-order valence-electron chi connectivity index (χ4n) is 2.94. The fourth-order valence-corrected chi connectivity index (χ4v) is 5.26. The highest BCUT2D eigenvalue weighted by Gasteiger charge is 2.15. The van der Waals surface area contributed by atoms with Gasteiger partial charge < -0.3 is 10.4 Å². The lowest BCUT2D eigenvalue weighted by molar-refractivity contribution is 0.102. The van der Waals surface area contributed by atoms with E-state index in [1.807, 2.05) is 0 Å². The molecule has 0 spiro atoms. The number of sulfone groups is 1. The van der Waals surface area contributed by atoms with Crippen molar-refractivity contribution in [3.63, 3.8) is 0 Å². The van der Waals surface area contributed by atoms with Crippen molar-refractivity contribution in [2.45, 2.75) is 10.6 Å². The van der Waals surface area contributed by atoms with Gasteiger partial charge in [-0.25, -0.2) is 8.42 Å². The van der Waals surface area contributed by atoms with Gasteiger partial charge in [-0.15, -0.1) is 11.6 Å². The third kappa shape index (κ3) is 5.73. The van der Waals surface area contributed by atoms with Crippen molar-refractivity contribution in [1.29, 1.82) is 0 Å². The third-order valence-corrected chi connectivity index (χ3v) is 7.30. The summed E-state index contributed by atoms with van der Waals surface area (Å²) in [5.41, 5.74) is 1.18. The van der Waals surface area contributed by atoms with Crippen molar-refractivity contribution >= 4 is 53.9 Å². The molecule has 0 aliphatic heterocycles. The van der Waals surface area contributed by atoms with Crippen LogP contribution in [0.3, 0.4) is 0 Å². The van der Waals surface area contributed by atoms with Crippen molar-refractivity contribution in [3.8, 4) is 5.75 Å². The van der Waals surface area contributed by atoms with Crippen LogP contribution in [0.4, 0.5) is 5.69 Å². The molecule has 0 heterocycles. The minimum atomic E-state index is -4.47. The lowest BCUT2D eigenvalue weighted by Crippen LogP contribution is -2.13. The number of hydrogen-bond acceptors (Lipinski definition) is 6. The third-order valence-electron chi connectivity index (χ3n) is 4.45. The molecule has 0 aliphatic rings. The maximum atomic E-state index is 12.5. The molecule has 0 saturated heterocycles. The van der Waals surface area contributed by atoms with E-state index in [0.717, 1.165) is 6.07 Å². The van der Waals surface area contributed by atoms with Crippen molar-refractivity contribution < 1.29 is 31.3 Å². The Balaban J connectivity index is 1.79. The Morgan fingerprint density at radius 2 is 1.65 bits per heavy atom. The number of phenols is 1. The molecule has 0 radical (unpaired) electrons. The molecule has 0 atom stereocenters. The fraction of sp³-hybridized carbons (Fsp3) is 0.150. The van der Waals surface area contributed by atoms with E-state index in [-0.39, 0.29) is 28.5 Å². The second-order valence-corrected chi connectivity index (χ2v) is 10.8. The van der Waals surface area contributed by atoms with Crippen LogP contribution < -0.4 is 5.32 Å². The minimum absolute atomic E-state index is 0.0151. The Bertz CT molecular complexity index is 1350. The highest BCUT2D eigenvalue weighted by molar-refractivity contribution is 7.90. The van der Waals surface area contributed by atoms with E-state index in [2.05, 4.69) is 5.32 Å². The summed E-state index contributed by atoms with van der Waals surface area (Å²) in [5, 5.41) is 13.4. The number of benzene rings is 3. The molecule has 3 aromatic carbocycles. The SMILES string of the molecule is O=C(Nc1ccc2cc(S(=O)(=O)O)cc(O)c2c1)c1ccc(CS(=O)(=O)CCCl)cc1. The summed E-state index contributed by atoms with van der Waals surface area (Å²) in [6, 6.07) is 12.7. The monoisotopic (exact) mass is 483 g/mol. The number of alkyl halides is 1. The highest BCUT2D eigenvalue weighted by Crippen LogP contribution is 2.31. The average Bonchev–Trinajstić information content (AvgIpc) is 2.67. The summed E-state index contributed by atoms with van der Waals surface area (Å²) < 4.78 is 55.4. The molecule has 3 aromatic rings. The molecule has 1 amide bonds. The van der Waals surface area contributed by atoms with E-state index in [4.69, 9.17) is 16.2 Å². The number of phenolic OH excluding ortho intramolecular Hbond substituents is 1. The van der Waals surface area contributed by atoms with Gasteiger partial charge in [-0.1, -0.05) is 18.2 Å². The quantitative estimate of drug-likeness (QED) is 0.346. The van der Waals surface area contributed by atoms with Crippen LogP contribution in [-0.4, -0.2) is 44.0 Å². The van der Waals surface area contributed by atoms with Crippen molar-refractivity contribution in [2.24, 2.45) is 0 Å². The zero-order valence-electron chi connectivity index (χ0n) is 15.9. The smallest absolute Gasteiger partial charge is 0.294 e. The molecule has 3 N–H and O–H groups in total. The average molecular weight is 484 g/mol.